The molecule has 0 amide bonds. The van der Waals surface area contributed by atoms with Gasteiger partial charge in [-0.3, -0.25) is 9.69 Å². The molecule has 0 radical (unpaired) electrons. The molecule has 0 saturated carbocycles. The lowest BCUT2D eigenvalue weighted by atomic mass is 10.0. The molecule has 0 aliphatic carbocycles. The summed E-state index contributed by atoms with van der Waals surface area (Å²) in [5, 5.41) is 13.8. The highest BCUT2D eigenvalue weighted by atomic mass is 16.5. The van der Waals surface area contributed by atoms with Gasteiger partial charge in [0.15, 0.2) is 5.82 Å². The van der Waals surface area contributed by atoms with Crippen molar-refractivity contribution in [2.45, 2.75) is 38.5 Å². The summed E-state index contributed by atoms with van der Waals surface area (Å²) < 4.78 is 13.3. The number of hydrogen-bond donors (Lipinski definition) is 1. The van der Waals surface area contributed by atoms with Gasteiger partial charge in [-0.2, -0.15) is 0 Å². The number of rotatable bonds is 7. The Bertz CT molecular complexity index is 1470. The van der Waals surface area contributed by atoms with Crippen LogP contribution in [-0.2, 0) is 11.3 Å². The smallest absolute Gasteiger partial charge is 0.253 e. The fourth-order valence-corrected chi connectivity index (χ4v) is 5.73. The van der Waals surface area contributed by atoms with E-state index in [9.17, 15) is 4.79 Å². The summed E-state index contributed by atoms with van der Waals surface area (Å²) in [4.78, 5) is 21.4. The number of para-hydroxylation sites is 3. The fraction of sp³-hybridized carbons (Fsp3) is 0.429. The molecule has 2 aliphatic heterocycles. The van der Waals surface area contributed by atoms with Crippen molar-refractivity contribution in [3.8, 4) is 5.75 Å². The van der Waals surface area contributed by atoms with Crippen LogP contribution >= 0.6 is 0 Å². The predicted octanol–water partition coefficient (Wildman–Crippen LogP) is 2.92. The normalized spacial score (nSPS) is 19.2. The van der Waals surface area contributed by atoms with Gasteiger partial charge in [0, 0.05) is 38.3 Å². The zero-order chi connectivity index (χ0) is 26.1. The Morgan fingerprint density at radius 1 is 1.13 bits per heavy atom. The molecule has 4 heterocycles. The molecule has 2 fully saturated rings. The number of piperazine rings is 1. The Morgan fingerprint density at radius 3 is 2.76 bits per heavy atom. The van der Waals surface area contributed by atoms with Crippen molar-refractivity contribution in [1.29, 1.82) is 0 Å². The van der Waals surface area contributed by atoms with Crippen LogP contribution in [0, 0.1) is 6.92 Å². The van der Waals surface area contributed by atoms with E-state index in [0.717, 1.165) is 73.5 Å². The minimum atomic E-state index is -0.389. The number of hydrogen-bond acceptors (Lipinski definition) is 8. The van der Waals surface area contributed by atoms with Crippen molar-refractivity contribution in [1.82, 2.24) is 30.1 Å². The summed E-state index contributed by atoms with van der Waals surface area (Å²) in [6.45, 7) is 6.39. The number of anilines is 1. The fourth-order valence-electron chi connectivity index (χ4n) is 5.73. The SMILES string of the molecule is COc1ccccc1N1CCN([C@@H](c2cc3cccc(C)c3[nH]c2=O)c2nnnn2C[C@@H]2CCCO2)CC1. The number of methoxy groups -OCH3 is 1. The van der Waals surface area contributed by atoms with Crippen molar-refractivity contribution in [2.24, 2.45) is 0 Å². The molecular weight excluding hydrogens is 482 g/mol. The summed E-state index contributed by atoms with van der Waals surface area (Å²) in [6, 6.07) is 15.8. The number of tetrazole rings is 1. The van der Waals surface area contributed by atoms with E-state index in [1.165, 1.54) is 0 Å². The Hall–Kier alpha value is -3.76. The van der Waals surface area contributed by atoms with Crippen LogP contribution in [-0.4, -0.2) is 76.1 Å². The topological polar surface area (TPSA) is 101 Å². The highest BCUT2D eigenvalue weighted by molar-refractivity contribution is 5.82. The molecule has 2 atom stereocenters. The Morgan fingerprint density at radius 2 is 1.97 bits per heavy atom. The maximum absolute atomic E-state index is 13.6. The minimum Gasteiger partial charge on any atom is -0.495 e. The van der Waals surface area contributed by atoms with Crippen LogP contribution < -0.4 is 15.2 Å². The highest BCUT2D eigenvalue weighted by Crippen LogP contribution is 2.32. The largest absolute Gasteiger partial charge is 0.495 e. The van der Waals surface area contributed by atoms with Crippen molar-refractivity contribution >= 4 is 16.6 Å². The molecule has 2 saturated heterocycles. The molecule has 0 unspecified atom stereocenters. The van der Waals surface area contributed by atoms with E-state index < -0.39 is 0 Å². The van der Waals surface area contributed by atoms with Crippen molar-refractivity contribution in [3.05, 3.63) is 75.8 Å². The van der Waals surface area contributed by atoms with Crippen LogP contribution in [0.25, 0.3) is 10.9 Å². The second-order valence-corrected chi connectivity index (χ2v) is 10.0. The quantitative estimate of drug-likeness (QED) is 0.401. The van der Waals surface area contributed by atoms with Crippen LogP contribution in [0.1, 0.15) is 35.8 Å². The van der Waals surface area contributed by atoms with Crippen LogP contribution in [0.4, 0.5) is 5.69 Å². The van der Waals surface area contributed by atoms with E-state index in [0.29, 0.717) is 17.9 Å². The van der Waals surface area contributed by atoms with Gasteiger partial charge in [-0.15, -0.1) is 5.10 Å². The molecule has 2 aromatic heterocycles. The van der Waals surface area contributed by atoms with Gasteiger partial charge in [-0.05, 0) is 59.3 Å². The number of benzene rings is 2. The number of nitrogens with zero attached hydrogens (tertiary/aromatic N) is 6. The molecule has 10 heteroatoms. The highest BCUT2D eigenvalue weighted by Gasteiger charge is 2.34. The Balaban J connectivity index is 1.36. The van der Waals surface area contributed by atoms with E-state index in [1.807, 2.05) is 54.1 Å². The average molecular weight is 516 g/mol. The third kappa shape index (κ3) is 4.65. The molecule has 6 rings (SSSR count). The van der Waals surface area contributed by atoms with Gasteiger partial charge in [-0.25, -0.2) is 4.68 Å². The number of aromatic nitrogens is 5. The lowest BCUT2D eigenvalue weighted by Gasteiger charge is -2.40. The molecule has 198 valence electrons. The number of H-pyrrole nitrogens is 1. The van der Waals surface area contributed by atoms with Gasteiger partial charge in [0.05, 0.1) is 31.0 Å². The number of nitrogens with one attached hydrogen (secondary N) is 1. The maximum atomic E-state index is 13.6. The monoisotopic (exact) mass is 515 g/mol. The van der Waals surface area contributed by atoms with Gasteiger partial charge in [-0.1, -0.05) is 30.3 Å². The first-order chi connectivity index (χ1) is 18.6. The second kappa shape index (κ2) is 10.5. The molecule has 10 nitrogen and oxygen atoms in total. The molecule has 2 aromatic carbocycles. The summed E-state index contributed by atoms with van der Waals surface area (Å²) >= 11 is 0. The van der Waals surface area contributed by atoms with E-state index in [4.69, 9.17) is 9.47 Å². The molecule has 2 aliphatic rings. The molecule has 0 bridgehead atoms. The molecule has 0 spiro atoms. The van der Waals surface area contributed by atoms with Crippen LogP contribution in [0.15, 0.2) is 53.3 Å². The Labute approximate surface area is 221 Å². The molecule has 1 N–H and O–H groups in total. The number of aryl methyl sites for hydroxylation is 1. The minimum absolute atomic E-state index is 0.0813. The summed E-state index contributed by atoms with van der Waals surface area (Å²) in [5.74, 6) is 1.53. The number of ether oxygens (including phenoxy) is 2. The zero-order valence-corrected chi connectivity index (χ0v) is 21.8. The molecular formula is C28H33N7O3. The van der Waals surface area contributed by atoms with Gasteiger partial charge < -0.3 is 19.4 Å². The third-order valence-corrected chi connectivity index (χ3v) is 7.72. The van der Waals surface area contributed by atoms with E-state index in [2.05, 4.69) is 36.4 Å². The Kier molecular flexibility index (Phi) is 6.82. The van der Waals surface area contributed by atoms with E-state index >= 15 is 0 Å². The predicted molar refractivity (Wildman–Crippen MR) is 145 cm³/mol. The first-order valence-electron chi connectivity index (χ1n) is 13.2. The summed E-state index contributed by atoms with van der Waals surface area (Å²) in [6.07, 6.45) is 2.11. The van der Waals surface area contributed by atoms with E-state index in [-0.39, 0.29) is 17.7 Å². The van der Waals surface area contributed by atoms with Crippen molar-refractivity contribution < 1.29 is 9.47 Å². The molecule has 38 heavy (non-hydrogen) atoms. The maximum Gasteiger partial charge on any atom is 0.253 e. The lowest BCUT2D eigenvalue weighted by Crippen LogP contribution is -2.49. The van der Waals surface area contributed by atoms with E-state index in [1.54, 1.807) is 7.11 Å². The van der Waals surface area contributed by atoms with Crippen LogP contribution in [0.3, 0.4) is 0 Å². The first-order valence-corrected chi connectivity index (χ1v) is 13.2. The van der Waals surface area contributed by atoms with Gasteiger partial charge >= 0.3 is 0 Å². The van der Waals surface area contributed by atoms with Crippen LogP contribution in [0.2, 0.25) is 0 Å². The first kappa shape index (κ1) is 24.6. The number of pyridine rings is 1. The second-order valence-electron chi connectivity index (χ2n) is 10.0. The zero-order valence-electron chi connectivity index (χ0n) is 21.8. The van der Waals surface area contributed by atoms with Gasteiger partial charge in [0.2, 0.25) is 0 Å². The van der Waals surface area contributed by atoms with Gasteiger partial charge in [0.1, 0.15) is 11.8 Å². The standard InChI is InChI=1S/C28H33N7O3/c1-19-7-5-8-20-17-22(28(36)29-25(19)20)26(27-30-31-32-35(27)18-21-9-6-16-38-21)34-14-12-33(13-15-34)23-10-3-4-11-24(23)37-2/h3-5,7-8,10-11,17,21,26H,6,9,12-16,18H2,1-2H3,(H,29,36)/t21-,26-/m0/s1. The summed E-state index contributed by atoms with van der Waals surface area (Å²) in [7, 11) is 1.70. The third-order valence-electron chi connectivity index (χ3n) is 7.72. The average Bonchev–Trinajstić information content (AvgIpc) is 3.63. The van der Waals surface area contributed by atoms with Crippen molar-refractivity contribution in [3.63, 3.8) is 0 Å². The summed E-state index contributed by atoms with van der Waals surface area (Å²) in [5.41, 5.74) is 3.51. The van der Waals surface area contributed by atoms with Crippen LogP contribution in [0.5, 0.6) is 5.75 Å². The number of aromatic amines is 1. The molecule has 4 aromatic rings. The lowest BCUT2D eigenvalue weighted by molar-refractivity contribution is 0.0906. The van der Waals surface area contributed by atoms with Crippen molar-refractivity contribution in [2.75, 3.05) is 44.8 Å². The van der Waals surface area contributed by atoms with Gasteiger partial charge in [0.25, 0.3) is 5.56 Å². The number of fused-ring (bicyclic) bond motifs is 1.